The molecule has 0 saturated heterocycles. The molecule has 3 N–H and O–H groups in total. The Morgan fingerprint density at radius 1 is 1.24 bits per heavy atom. The molecule has 0 heterocycles. The van der Waals surface area contributed by atoms with Gasteiger partial charge in [-0.3, -0.25) is 9.59 Å². The van der Waals surface area contributed by atoms with E-state index in [9.17, 15) is 14.4 Å². The van der Waals surface area contributed by atoms with E-state index in [0.29, 0.717) is 0 Å². The summed E-state index contributed by atoms with van der Waals surface area (Å²) in [6.45, 7) is 4.89. The van der Waals surface area contributed by atoms with Crippen LogP contribution in [0.3, 0.4) is 0 Å². The molecule has 2 amide bonds. The minimum Gasteiger partial charge on any atom is -0.478 e. The van der Waals surface area contributed by atoms with E-state index in [1.54, 1.807) is 13.8 Å². The summed E-state index contributed by atoms with van der Waals surface area (Å²) in [5.74, 6) is -2.03. The van der Waals surface area contributed by atoms with Gasteiger partial charge in [-0.15, -0.1) is 0 Å². The predicted molar refractivity (Wildman–Crippen MR) is 79.5 cm³/mol. The first-order valence-corrected chi connectivity index (χ1v) is 6.71. The molecule has 0 aliphatic carbocycles. The highest BCUT2D eigenvalue weighted by atomic mass is 35.5. The molecule has 21 heavy (non-hydrogen) atoms. The normalized spacial score (nSPS) is 11.9. The number of carbonyl (C=O) groups is 3. The Hall–Kier alpha value is -2.08. The summed E-state index contributed by atoms with van der Waals surface area (Å²) >= 11 is 5.94. The van der Waals surface area contributed by atoms with Gasteiger partial charge < -0.3 is 15.7 Å². The Kier molecular flexibility index (Phi) is 5.72. The number of carboxylic acid groups (broad SMARTS) is 1. The number of nitrogens with one attached hydrogen (secondary N) is 2. The zero-order chi connectivity index (χ0) is 16.2. The van der Waals surface area contributed by atoms with Crippen molar-refractivity contribution in [2.45, 2.75) is 26.8 Å². The molecule has 0 aliphatic rings. The van der Waals surface area contributed by atoms with Crippen molar-refractivity contribution in [3.63, 3.8) is 0 Å². The third kappa shape index (κ3) is 4.75. The number of aromatic carboxylic acids is 1. The van der Waals surface area contributed by atoms with Crippen LogP contribution in [0.2, 0.25) is 5.02 Å². The van der Waals surface area contributed by atoms with Crippen molar-refractivity contribution in [1.29, 1.82) is 0 Å². The molecule has 1 aromatic rings. The minimum atomic E-state index is -1.12. The largest absolute Gasteiger partial charge is 0.478 e. The average Bonchev–Trinajstić information content (AvgIpc) is 2.37. The molecule has 6 nitrogen and oxygen atoms in total. The molecule has 7 heteroatoms. The lowest BCUT2D eigenvalue weighted by Crippen LogP contribution is -2.46. The van der Waals surface area contributed by atoms with Crippen molar-refractivity contribution in [3.05, 3.63) is 28.8 Å². The minimum absolute atomic E-state index is 0.00956. The van der Waals surface area contributed by atoms with Crippen molar-refractivity contribution in [2.75, 3.05) is 5.32 Å². The van der Waals surface area contributed by atoms with E-state index >= 15 is 0 Å². The van der Waals surface area contributed by atoms with Gasteiger partial charge in [-0.05, 0) is 24.1 Å². The number of halogens is 1. The van der Waals surface area contributed by atoms with E-state index in [-0.39, 0.29) is 28.1 Å². The van der Waals surface area contributed by atoms with Crippen molar-refractivity contribution in [1.82, 2.24) is 5.32 Å². The van der Waals surface area contributed by atoms with Crippen LogP contribution < -0.4 is 10.6 Å². The Morgan fingerprint density at radius 3 is 2.33 bits per heavy atom. The third-order valence-electron chi connectivity index (χ3n) is 2.78. The molecule has 114 valence electrons. The topological polar surface area (TPSA) is 95.5 Å². The first-order chi connectivity index (χ1) is 9.72. The predicted octanol–water partition coefficient (Wildman–Crippen LogP) is 2.14. The number of carbonyl (C=O) groups excluding carboxylic acids is 2. The quantitative estimate of drug-likeness (QED) is 0.776. The molecule has 1 aromatic carbocycles. The number of amides is 2. The van der Waals surface area contributed by atoms with Gasteiger partial charge in [-0.1, -0.05) is 25.4 Å². The second-order valence-electron chi connectivity index (χ2n) is 4.91. The van der Waals surface area contributed by atoms with Gasteiger partial charge in [0.05, 0.1) is 16.3 Å². The molecule has 0 fully saturated rings. The summed E-state index contributed by atoms with van der Waals surface area (Å²) < 4.78 is 0. The highest BCUT2D eigenvalue weighted by Gasteiger charge is 2.23. The Balaban J connectivity index is 2.97. The van der Waals surface area contributed by atoms with Gasteiger partial charge in [0.1, 0.15) is 6.04 Å². The van der Waals surface area contributed by atoms with Crippen LogP contribution in [0.1, 0.15) is 31.1 Å². The lowest BCUT2D eigenvalue weighted by molar-refractivity contribution is -0.126. The summed E-state index contributed by atoms with van der Waals surface area (Å²) in [6.07, 6.45) is 0. The first-order valence-electron chi connectivity index (χ1n) is 6.33. The zero-order valence-electron chi connectivity index (χ0n) is 11.9. The smallest absolute Gasteiger partial charge is 0.335 e. The molecular weight excluding hydrogens is 296 g/mol. The second kappa shape index (κ2) is 7.08. The van der Waals surface area contributed by atoms with E-state index in [0.717, 1.165) is 0 Å². The Morgan fingerprint density at radius 2 is 1.86 bits per heavy atom. The molecule has 0 aromatic heterocycles. The SMILES string of the molecule is CC(=O)NC(C(=O)Nc1cc(C(=O)O)ccc1Cl)C(C)C. The van der Waals surface area contributed by atoms with Crippen LogP contribution in [0.5, 0.6) is 0 Å². The highest BCUT2D eigenvalue weighted by molar-refractivity contribution is 6.34. The van der Waals surface area contributed by atoms with Crippen molar-refractivity contribution < 1.29 is 19.5 Å². The average molecular weight is 313 g/mol. The summed E-state index contributed by atoms with van der Waals surface area (Å²) in [5.41, 5.74) is 0.202. The van der Waals surface area contributed by atoms with E-state index < -0.39 is 17.9 Å². The van der Waals surface area contributed by atoms with Crippen LogP contribution in [0.25, 0.3) is 0 Å². The standard InChI is InChI=1S/C14H17ClN2O4/c1-7(2)12(16-8(3)18)13(19)17-11-6-9(14(20)21)4-5-10(11)15/h4-7,12H,1-3H3,(H,16,18)(H,17,19)(H,20,21). The van der Waals surface area contributed by atoms with Crippen molar-refractivity contribution in [3.8, 4) is 0 Å². The summed E-state index contributed by atoms with van der Waals surface area (Å²) in [4.78, 5) is 34.2. The number of hydrogen-bond acceptors (Lipinski definition) is 3. The molecule has 0 aliphatic heterocycles. The summed E-state index contributed by atoms with van der Waals surface area (Å²) in [6, 6.07) is 3.28. The number of hydrogen-bond donors (Lipinski definition) is 3. The molecule has 1 atom stereocenters. The third-order valence-corrected chi connectivity index (χ3v) is 3.11. The molecule has 0 bridgehead atoms. The lowest BCUT2D eigenvalue weighted by atomic mass is 10.0. The van der Waals surface area contributed by atoms with E-state index in [1.807, 2.05) is 0 Å². The van der Waals surface area contributed by atoms with Gasteiger partial charge in [-0.2, -0.15) is 0 Å². The van der Waals surface area contributed by atoms with Gasteiger partial charge in [-0.25, -0.2) is 4.79 Å². The summed E-state index contributed by atoms with van der Waals surface area (Å²) in [7, 11) is 0. The molecule has 0 spiro atoms. The maximum Gasteiger partial charge on any atom is 0.335 e. The fourth-order valence-electron chi connectivity index (χ4n) is 1.72. The van der Waals surface area contributed by atoms with Crippen LogP contribution in [-0.2, 0) is 9.59 Å². The van der Waals surface area contributed by atoms with Crippen LogP contribution in [-0.4, -0.2) is 28.9 Å². The Labute approximate surface area is 127 Å². The number of carboxylic acids is 1. The Bertz CT molecular complexity index is 572. The van der Waals surface area contributed by atoms with Crippen LogP contribution >= 0.6 is 11.6 Å². The van der Waals surface area contributed by atoms with Crippen LogP contribution in [0, 0.1) is 5.92 Å². The fraction of sp³-hybridized carbons (Fsp3) is 0.357. The maximum atomic E-state index is 12.2. The second-order valence-corrected chi connectivity index (χ2v) is 5.32. The molecule has 1 rings (SSSR count). The van der Waals surface area contributed by atoms with E-state index in [2.05, 4.69) is 10.6 Å². The number of benzene rings is 1. The van der Waals surface area contributed by atoms with Crippen LogP contribution in [0.4, 0.5) is 5.69 Å². The lowest BCUT2D eigenvalue weighted by Gasteiger charge is -2.21. The van der Waals surface area contributed by atoms with Crippen molar-refractivity contribution in [2.24, 2.45) is 5.92 Å². The molecule has 0 saturated carbocycles. The van der Waals surface area contributed by atoms with E-state index in [1.165, 1.54) is 25.1 Å². The van der Waals surface area contributed by atoms with Gasteiger partial charge in [0, 0.05) is 6.92 Å². The maximum absolute atomic E-state index is 12.2. The van der Waals surface area contributed by atoms with Gasteiger partial charge in [0.15, 0.2) is 0 Å². The molecule has 1 unspecified atom stereocenters. The zero-order valence-corrected chi connectivity index (χ0v) is 12.7. The fourth-order valence-corrected chi connectivity index (χ4v) is 1.88. The van der Waals surface area contributed by atoms with E-state index in [4.69, 9.17) is 16.7 Å². The van der Waals surface area contributed by atoms with Gasteiger partial charge in [0.2, 0.25) is 11.8 Å². The van der Waals surface area contributed by atoms with Gasteiger partial charge in [0.25, 0.3) is 0 Å². The van der Waals surface area contributed by atoms with Gasteiger partial charge >= 0.3 is 5.97 Å². The van der Waals surface area contributed by atoms with Crippen LogP contribution in [0.15, 0.2) is 18.2 Å². The number of rotatable bonds is 5. The van der Waals surface area contributed by atoms with Crippen molar-refractivity contribution >= 4 is 35.1 Å². The highest BCUT2D eigenvalue weighted by Crippen LogP contribution is 2.23. The first kappa shape index (κ1) is 17.0. The molecule has 0 radical (unpaired) electrons. The summed E-state index contributed by atoms with van der Waals surface area (Å²) in [5, 5.41) is 14.2. The monoisotopic (exact) mass is 312 g/mol. The number of anilines is 1. The molecular formula is C14H17ClN2O4.